The van der Waals surface area contributed by atoms with Crippen LogP contribution in [0.3, 0.4) is 0 Å². The molecule has 0 aliphatic rings. The molecular formula is C15H21BrN2O. The van der Waals surface area contributed by atoms with Gasteiger partial charge in [-0.05, 0) is 36.5 Å². The van der Waals surface area contributed by atoms with Gasteiger partial charge in [-0.15, -0.1) is 0 Å². The predicted molar refractivity (Wildman–Crippen MR) is 83.9 cm³/mol. The molecule has 1 unspecified atom stereocenters. The Morgan fingerprint density at radius 2 is 1.74 bits per heavy atom. The first-order chi connectivity index (χ1) is 8.91. The lowest BCUT2D eigenvalue weighted by atomic mass is 10.0. The topological polar surface area (TPSA) is 26.9 Å². The van der Waals surface area contributed by atoms with E-state index in [-0.39, 0.29) is 5.69 Å². The third-order valence-corrected chi connectivity index (χ3v) is 4.64. The fourth-order valence-electron chi connectivity index (χ4n) is 2.36. The van der Waals surface area contributed by atoms with Crippen molar-refractivity contribution in [3.05, 3.63) is 34.2 Å². The molecule has 2 aromatic rings. The van der Waals surface area contributed by atoms with Crippen LogP contribution in [0, 0.1) is 5.92 Å². The Morgan fingerprint density at radius 3 is 2.37 bits per heavy atom. The first-order valence-electron chi connectivity index (χ1n) is 6.71. The monoisotopic (exact) mass is 324 g/mol. The van der Waals surface area contributed by atoms with E-state index in [0.29, 0.717) is 10.7 Å². The molecule has 1 heterocycles. The van der Waals surface area contributed by atoms with Gasteiger partial charge in [-0.2, -0.15) is 0 Å². The lowest BCUT2D eigenvalue weighted by Crippen LogP contribution is -2.19. The van der Waals surface area contributed by atoms with Crippen LogP contribution in [-0.2, 0) is 14.1 Å². The van der Waals surface area contributed by atoms with Crippen molar-refractivity contribution in [3.8, 4) is 0 Å². The van der Waals surface area contributed by atoms with Crippen molar-refractivity contribution in [1.82, 2.24) is 9.13 Å². The van der Waals surface area contributed by atoms with E-state index in [2.05, 4.69) is 41.9 Å². The van der Waals surface area contributed by atoms with Crippen LogP contribution >= 0.6 is 15.9 Å². The predicted octanol–water partition coefficient (Wildman–Crippen LogP) is 3.75. The maximum Gasteiger partial charge on any atom is 0.328 e. The number of halogens is 1. The Bertz CT molecular complexity index is 639. The van der Waals surface area contributed by atoms with E-state index < -0.39 is 0 Å². The standard InChI is InChI=1S/C15H21BrN2O/c1-10(2)5-7-12(16)11-6-8-13-14(9-11)18(4)15(19)17(13)3/h6,8-10,12H,5,7H2,1-4H3. The molecule has 0 saturated heterocycles. The van der Waals surface area contributed by atoms with Crippen molar-refractivity contribution in [2.75, 3.05) is 0 Å². The van der Waals surface area contributed by atoms with Gasteiger partial charge in [-0.25, -0.2) is 4.79 Å². The summed E-state index contributed by atoms with van der Waals surface area (Å²) >= 11 is 3.76. The van der Waals surface area contributed by atoms with Crippen molar-refractivity contribution < 1.29 is 0 Å². The molecule has 0 amide bonds. The summed E-state index contributed by atoms with van der Waals surface area (Å²) in [6.45, 7) is 4.48. The van der Waals surface area contributed by atoms with Crippen LogP contribution < -0.4 is 5.69 Å². The molecule has 3 nitrogen and oxygen atoms in total. The lowest BCUT2D eigenvalue weighted by Gasteiger charge is -2.12. The van der Waals surface area contributed by atoms with Crippen LogP contribution in [0.1, 0.15) is 37.1 Å². The van der Waals surface area contributed by atoms with Gasteiger partial charge in [0.1, 0.15) is 0 Å². The van der Waals surface area contributed by atoms with Crippen molar-refractivity contribution in [2.24, 2.45) is 20.0 Å². The fourth-order valence-corrected chi connectivity index (χ4v) is 2.91. The van der Waals surface area contributed by atoms with Crippen molar-refractivity contribution in [1.29, 1.82) is 0 Å². The number of hydrogen-bond acceptors (Lipinski definition) is 1. The van der Waals surface area contributed by atoms with Crippen molar-refractivity contribution >= 4 is 27.0 Å². The Balaban J connectivity index is 2.36. The number of fused-ring (bicyclic) bond motifs is 1. The van der Waals surface area contributed by atoms with Gasteiger partial charge in [0.2, 0.25) is 0 Å². The molecule has 0 aliphatic heterocycles. The van der Waals surface area contributed by atoms with E-state index >= 15 is 0 Å². The number of aryl methyl sites for hydroxylation is 2. The first kappa shape index (κ1) is 14.4. The number of hydrogen-bond donors (Lipinski definition) is 0. The van der Waals surface area contributed by atoms with Crippen LogP contribution in [0.5, 0.6) is 0 Å². The number of aromatic nitrogens is 2. The molecule has 0 fully saturated rings. The summed E-state index contributed by atoms with van der Waals surface area (Å²) in [5.41, 5.74) is 3.26. The van der Waals surface area contributed by atoms with Crippen LogP contribution in [-0.4, -0.2) is 9.13 Å². The second kappa shape index (κ2) is 5.53. The molecular weight excluding hydrogens is 304 g/mol. The van der Waals surface area contributed by atoms with Gasteiger partial charge < -0.3 is 0 Å². The highest BCUT2D eigenvalue weighted by molar-refractivity contribution is 9.09. The SMILES string of the molecule is CC(C)CCC(Br)c1ccc2c(c1)n(C)c(=O)n2C. The van der Waals surface area contributed by atoms with E-state index in [1.165, 1.54) is 12.0 Å². The Kier molecular flexibility index (Phi) is 4.19. The van der Waals surface area contributed by atoms with E-state index in [1.807, 2.05) is 20.2 Å². The van der Waals surface area contributed by atoms with Crippen molar-refractivity contribution in [2.45, 2.75) is 31.5 Å². The molecule has 0 saturated carbocycles. The number of nitrogens with zero attached hydrogens (tertiary/aromatic N) is 2. The molecule has 1 aromatic heterocycles. The quantitative estimate of drug-likeness (QED) is 0.787. The number of benzene rings is 1. The van der Waals surface area contributed by atoms with E-state index in [0.717, 1.165) is 17.5 Å². The molecule has 104 valence electrons. The Hall–Kier alpha value is -1.03. The molecule has 2 rings (SSSR count). The van der Waals surface area contributed by atoms with Crippen LogP contribution in [0.4, 0.5) is 0 Å². The molecule has 0 spiro atoms. The number of rotatable bonds is 4. The van der Waals surface area contributed by atoms with E-state index in [4.69, 9.17) is 0 Å². The lowest BCUT2D eigenvalue weighted by molar-refractivity contribution is 0.554. The third kappa shape index (κ3) is 2.78. The second-order valence-electron chi connectivity index (χ2n) is 5.59. The third-order valence-electron chi connectivity index (χ3n) is 3.66. The van der Waals surface area contributed by atoms with Gasteiger partial charge in [-0.3, -0.25) is 9.13 Å². The van der Waals surface area contributed by atoms with Gasteiger partial charge in [0.15, 0.2) is 0 Å². The zero-order valence-corrected chi connectivity index (χ0v) is 13.6. The number of imidazole rings is 1. The highest BCUT2D eigenvalue weighted by Gasteiger charge is 2.12. The minimum Gasteiger partial charge on any atom is -0.295 e. The van der Waals surface area contributed by atoms with Crippen LogP contribution in [0.2, 0.25) is 0 Å². The minimum absolute atomic E-state index is 0.0282. The summed E-state index contributed by atoms with van der Waals surface area (Å²) in [6.07, 6.45) is 2.31. The molecule has 0 radical (unpaired) electrons. The normalized spacial score (nSPS) is 13.4. The minimum atomic E-state index is 0.0282. The van der Waals surface area contributed by atoms with Gasteiger partial charge in [0, 0.05) is 18.9 Å². The zero-order chi connectivity index (χ0) is 14.2. The van der Waals surface area contributed by atoms with E-state index in [9.17, 15) is 4.79 Å². The summed E-state index contributed by atoms with van der Waals surface area (Å²) in [4.78, 5) is 12.3. The molecule has 19 heavy (non-hydrogen) atoms. The molecule has 4 heteroatoms. The van der Waals surface area contributed by atoms with Gasteiger partial charge in [0.05, 0.1) is 11.0 Å². The molecule has 1 atom stereocenters. The summed E-state index contributed by atoms with van der Waals surface area (Å²) in [7, 11) is 3.64. The zero-order valence-electron chi connectivity index (χ0n) is 12.0. The largest absolute Gasteiger partial charge is 0.328 e. The maximum atomic E-state index is 11.9. The first-order valence-corrected chi connectivity index (χ1v) is 7.62. The summed E-state index contributed by atoms with van der Waals surface area (Å²) in [6, 6.07) is 6.27. The highest BCUT2D eigenvalue weighted by atomic mass is 79.9. The molecule has 0 N–H and O–H groups in total. The molecule has 0 bridgehead atoms. The maximum absolute atomic E-state index is 11.9. The van der Waals surface area contributed by atoms with E-state index in [1.54, 1.807) is 9.13 Å². The van der Waals surface area contributed by atoms with Crippen LogP contribution in [0.15, 0.2) is 23.0 Å². The second-order valence-corrected chi connectivity index (χ2v) is 6.69. The smallest absolute Gasteiger partial charge is 0.295 e. The Morgan fingerprint density at radius 1 is 1.11 bits per heavy atom. The summed E-state index contributed by atoms with van der Waals surface area (Å²) < 4.78 is 3.40. The average molecular weight is 325 g/mol. The van der Waals surface area contributed by atoms with Gasteiger partial charge in [0.25, 0.3) is 0 Å². The highest BCUT2D eigenvalue weighted by Crippen LogP contribution is 2.30. The van der Waals surface area contributed by atoms with Gasteiger partial charge in [-0.1, -0.05) is 35.8 Å². The van der Waals surface area contributed by atoms with Crippen molar-refractivity contribution in [3.63, 3.8) is 0 Å². The van der Waals surface area contributed by atoms with Crippen LogP contribution in [0.25, 0.3) is 11.0 Å². The molecule has 1 aromatic carbocycles. The van der Waals surface area contributed by atoms with Gasteiger partial charge >= 0.3 is 5.69 Å². The fraction of sp³-hybridized carbons (Fsp3) is 0.533. The summed E-state index contributed by atoms with van der Waals surface area (Å²) in [5.74, 6) is 0.713. The summed E-state index contributed by atoms with van der Waals surface area (Å²) in [5, 5.41) is 0. The number of alkyl halides is 1. The average Bonchev–Trinajstić information content (AvgIpc) is 2.61. The Labute approximate surface area is 122 Å². The molecule has 0 aliphatic carbocycles.